The molecule has 0 aliphatic heterocycles. The van der Waals surface area contributed by atoms with Gasteiger partial charge in [0, 0.05) is 31.3 Å². The first kappa shape index (κ1) is 17.0. The molecule has 0 spiro atoms. The SMILES string of the molecule is CN=C(NCc1cc(OC)c(OC)cc1OC)NC1CC=CC1. The maximum Gasteiger partial charge on any atom is 0.191 e. The minimum Gasteiger partial charge on any atom is -0.496 e. The summed E-state index contributed by atoms with van der Waals surface area (Å²) in [7, 11) is 6.64. The van der Waals surface area contributed by atoms with E-state index < -0.39 is 0 Å². The van der Waals surface area contributed by atoms with Gasteiger partial charge in [-0.2, -0.15) is 0 Å². The van der Waals surface area contributed by atoms with E-state index in [0.717, 1.165) is 30.1 Å². The molecule has 0 radical (unpaired) electrons. The lowest BCUT2D eigenvalue weighted by Crippen LogP contribution is -2.42. The van der Waals surface area contributed by atoms with Crippen LogP contribution >= 0.6 is 0 Å². The fourth-order valence-electron chi connectivity index (χ4n) is 2.53. The van der Waals surface area contributed by atoms with E-state index in [2.05, 4.69) is 27.8 Å². The predicted octanol–water partition coefficient (Wildman–Crippen LogP) is 2.10. The summed E-state index contributed by atoms with van der Waals surface area (Å²) in [5.41, 5.74) is 0.970. The van der Waals surface area contributed by atoms with Gasteiger partial charge >= 0.3 is 0 Å². The Labute approximate surface area is 137 Å². The Balaban J connectivity index is 2.05. The van der Waals surface area contributed by atoms with E-state index in [4.69, 9.17) is 14.2 Å². The summed E-state index contributed by atoms with van der Waals surface area (Å²) >= 11 is 0. The Bertz CT molecular complexity index is 577. The number of hydrogen-bond donors (Lipinski definition) is 2. The fraction of sp³-hybridized carbons (Fsp3) is 0.471. The van der Waals surface area contributed by atoms with E-state index in [1.165, 1.54) is 0 Å². The van der Waals surface area contributed by atoms with E-state index in [0.29, 0.717) is 24.1 Å². The van der Waals surface area contributed by atoms with Gasteiger partial charge in [-0.05, 0) is 18.9 Å². The zero-order valence-corrected chi connectivity index (χ0v) is 14.2. The van der Waals surface area contributed by atoms with Crippen LogP contribution in [0.25, 0.3) is 0 Å². The van der Waals surface area contributed by atoms with Crippen molar-refractivity contribution in [2.24, 2.45) is 4.99 Å². The van der Waals surface area contributed by atoms with Crippen LogP contribution in [0.15, 0.2) is 29.3 Å². The van der Waals surface area contributed by atoms with Crippen molar-refractivity contribution in [2.45, 2.75) is 25.4 Å². The van der Waals surface area contributed by atoms with Crippen LogP contribution in [0, 0.1) is 0 Å². The molecule has 0 fully saturated rings. The third-order valence-electron chi connectivity index (χ3n) is 3.81. The van der Waals surface area contributed by atoms with Crippen molar-refractivity contribution in [3.05, 3.63) is 29.8 Å². The largest absolute Gasteiger partial charge is 0.496 e. The molecule has 2 rings (SSSR count). The van der Waals surface area contributed by atoms with Crippen LogP contribution in [0.5, 0.6) is 17.2 Å². The number of aliphatic imine (C=N–C) groups is 1. The van der Waals surface area contributed by atoms with Crippen molar-refractivity contribution in [3.8, 4) is 17.2 Å². The predicted molar refractivity (Wildman–Crippen MR) is 91.6 cm³/mol. The Morgan fingerprint density at radius 2 is 1.65 bits per heavy atom. The van der Waals surface area contributed by atoms with Crippen molar-refractivity contribution < 1.29 is 14.2 Å². The van der Waals surface area contributed by atoms with E-state index in [-0.39, 0.29) is 0 Å². The minimum absolute atomic E-state index is 0.411. The smallest absolute Gasteiger partial charge is 0.191 e. The quantitative estimate of drug-likeness (QED) is 0.477. The average Bonchev–Trinajstić information content (AvgIpc) is 3.10. The highest BCUT2D eigenvalue weighted by Crippen LogP contribution is 2.34. The maximum atomic E-state index is 5.44. The molecule has 0 heterocycles. The standard InChI is InChI=1S/C17H25N3O3/c1-18-17(20-13-7-5-6-8-13)19-11-12-9-15(22-3)16(23-4)10-14(12)21-2/h5-6,9-10,13H,7-8,11H2,1-4H3,(H2,18,19,20). The molecule has 1 aromatic carbocycles. The second-order valence-electron chi connectivity index (χ2n) is 5.23. The van der Waals surface area contributed by atoms with Gasteiger partial charge in [-0.3, -0.25) is 4.99 Å². The van der Waals surface area contributed by atoms with Gasteiger partial charge in [0.2, 0.25) is 0 Å². The summed E-state index contributed by atoms with van der Waals surface area (Å²) in [6, 6.07) is 4.15. The van der Waals surface area contributed by atoms with Gasteiger partial charge in [0.1, 0.15) is 5.75 Å². The lowest BCUT2D eigenvalue weighted by molar-refractivity contribution is 0.347. The van der Waals surface area contributed by atoms with Crippen LogP contribution in [0.1, 0.15) is 18.4 Å². The topological polar surface area (TPSA) is 64.1 Å². The van der Waals surface area contributed by atoms with Crippen LogP contribution in [0.3, 0.4) is 0 Å². The molecule has 1 aliphatic rings. The number of benzene rings is 1. The summed E-state index contributed by atoms with van der Waals surface area (Å²) in [6.07, 6.45) is 6.42. The first-order chi connectivity index (χ1) is 11.2. The molecule has 6 heteroatoms. The molecule has 0 amide bonds. The number of rotatable bonds is 6. The number of nitrogens with zero attached hydrogens (tertiary/aromatic N) is 1. The summed E-state index contributed by atoms with van der Waals surface area (Å²) in [5.74, 6) is 2.84. The van der Waals surface area contributed by atoms with Crippen molar-refractivity contribution in [2.75, 3.05) is 28.4 Å². The summed E-state index contributed by atoms with van der Waals surface area (Å²) < 4.78 is 16.1. The maximum absolute atomic E-state index is 5.44. The lowest BCUT2D eigenvalue weighted by Gasteiger charge is -2.18. The highest BCUT2D eigenvalue weighted by atomic mass is 16.5. The Hall–Kier alpha value is -2.37. The van der Waals surface area contributed by atoms with Crippen LogP contribution < -0.4 is 24.8 Å². The van der Waals surface area contributed by atoms with E-state index >= 15 is 0 Å². The Morgan fingerprint density at radius 3 is 2.22 bits per heavy atom. The van der Waals surface area contributed by atoms with E-state index in [9.17, 15) is 0 Å². The Kier molecular flexibility index (Phi) is 6.14. The van der Waals surface area contributed by atoms with Gasteiger partial charge in [-0.1, -0.05) is 12.2 Å². The zero-order valence-electron chi connectivity index (χ0n) is 14.2. The first-order valence-electron chi connectivity index (χ1n) is 7.62. The van der Waals surface area contributed by atoms with Gasteiger partial charge in [-0.15, -0.1) is 0 Å². The average molecular weight is 319 g/mol. The number of nitrogens with one attached hydrogen (secondary N) is 2. The summed E-state index contributed by atoms with van der Waals surface area (Å²) in [6.45, 7) is 0.573. The first-order valence-corrected chi connectivity index (χ1v) is 7.62. The van der Waals surface area contributed by atoms with Crippen LogP contribution in [0.2, 0.25) is 0 Å². The van der Waals surface area contributed by atoms with Gasteiger partial charge in [0.05, 0.1) is 21.3 Å². The third-order valence-corrected chi connectivity index (χ3v) is 3.81. The monoisotopic (exact) mass is 319 g/mol. The normalized spacial score (nSPS) is 14.7. The molecule has 1 aliphatic carbocycles. The van der Waals surface area contributed by atoms with Gasteiger partial charge in [0.15, 0.2) is 17.5 Å². The number of methoxy groups -OCH3 is 3. The van der Waals surface area contributed by atoms with Gasteiger partial charge in [0.25, 0.3) is 0 Å². The molecule has 23 heavy (non-hydrogen) atoms. The molecule has 0 aromatic heterocycles. The molecule has 1 aromatic rings. The van der Waals surface area contributed by atoms with Crippen LogP contribution in [-0.4, -0.2) is 40.4 Å². The molecule has 0 saturated carbocycles. The van der Waals surface area contributed by atoms with Crippen LogP contribution in [0.4, 0.5) is 0 Å². The van der Waals surface area contributed by atoms with Crippen molar-refractivity contribution in [3.63, 3.8) is 0 Å². The molecule has 0 atom stereocenters. The summed E-state index contributed by atoms with van der Waals surface area (Å²) in [4.78, 5) is 4.27. The molecule has 0 bridgehead atoms. The van der Waals surface area contributed by atoms with Crippen molar-refractivity contribution in [1.29, 1.82) is 0 Å². The molecular formula is C17H25N3O3. The number of hydrogen-bond acceptors (Lipinski definition) is 4. The second kappa shape index (κ2) is 8.31. The highest BCUT2D eigenvalue weighted by molar-refractivity contribution is 5.80. The van der Waals surface area contributed by atoms with E-state index in [1.807, 2.05) is 12.1 Å². The van der Waals surface area contributed by atoms with Crippen molar-refractivity contribution in [1.82, 2.24) is 10.6 Å². The lowest BCUT2D eigenvalue weighted by atomic mass is 10.1. The third kappa shape index (κ3) is 4.31. The van der Waals surface area contributed by atoms with Gasteiger partial charge in [-0.25, -0.2) is 0 Å². The number of guanidine groups is 1. The number of ether oxygens (including phenoxy) is 3. The molecule has 0 saturated heterocycles. The molecule has 0 unspecified atom stereocenters. The molecule has 2 N–H and O–H groups in total. The Morgan fingerprint density at radius 1 is 1.04 bits per heavy atom. The highest BCUT2D eigenvalue weighted by Gasteiger charge is 2.14. The summed E-state index contributed by atoms with van der Waals surface area (Å²) in [5, 5.41) is 6.71. The second-order valence-corrected chi connectivity index (χ2v) is 5.23. The molecule has 6 nitrogen and oxygen atoms in total. The zero-order chi connectivity index (χ0) is 16.7. The molecule has 126 valence electrons. The van der Waals surface area contributed by atoms with Crippen molar-refractivity contribution >= 4 is 5.96 Å². The van der Waals surface area contributed by atoms with Crippen LogP contribution in [-0.2, 0) is 6.54 Å². The minimum atomic E-state index is 0.411. The fourth-order valence-corrected chi connectivity index (χ4v) is 2.53. The van der Waals surface area contributed by atoms with E-state index in [1.54, 1.807) is 28.4 Å². The molecular weight excluding hydrogens is 294 g/mol. The van der Waals surface area contributed by atoms with Gasteiger partial charge < -0.3 is 24.8 Å².